The van der Waals surface area contributed by atoms with Gasteiger partial charge in [0.2, 0.25) is 0 Å². The molecule has 0 radical (unpaired) electrons. The van der Waals surface area contributed by atoms with Crippen molar-refractivity contribution in [3.05, 3.63) is 48.1 Å². The van der Waals surface area contributed by atoms with E-state index in [-0.39, 0.29) is 5.92 Å². The zero-order chi connectivity index (χ0) is 24.4. The summed E-state index contributed by atoms with van der Waals surface area (Å²) >= 11 is 0. The SMILES string of the molecule is C=CC[C@@H]1[C@H](O)C/C(=C/C=C2\CCC[C@@]3(C)C2CC[C@@H]3[C@H](C)CCCC(C)(C)O)C(=C)[C@H]1O. The van der Waals surface area contributed by atoms with Gasteiger partial charge in [-0.15, -0.1) is 6.58 Å². The normalized spacial score (nSPS) is 38.5. The highest BCUT2D eigenvalue weighted by atomic mass is 16.3. The Labute approximate surface area is 202 Å². The molecule has 0 saturated heterocycles. The van der Waals surface area contributed by atoms with E-state index in [4.69, 9.17) is 0 Å². The van der Waals surface area contributed by atoms with Crippen LogP contribution in [0, 0.1) is 29.1 Å². The average molecular weight is 457 g/mol. The van der Waals surface area contributed by atoms with Gasteiger partial charge in [-0.2, -0.15) is 0 Å². The molecule has 0 spiro atoms. The Bertz CT molecular complexity index is 770. The van der Waals surface area contributed by atoms with Gasteiger partial charge in [-0.25, -0.2) is 0 Å². The van der Waals surface area contributed by atoms with Gasteiger partial charge >= 0.3 is 0 Å². The second-order valence-corrected chi connectivity index (χ2v) is 12.1. The number of aliphatic hydroxyl groups is 3. The monoisotopic (exact) mass is 456 g/mol. The molecule has 186 valence electrons. The fourth-order valence-electron chi connectivity index (χ4n) is 7.30. The van der Waals surface area contributed by atoms with Crippen molar-refractivity contribution in [2.24, 2.45) is 29.1 Å². The van der Waals surface area contributed by atoms with Crippen molar-refractivity contribution >= 4 is 0 Å². The van der Waals surface area contributed by atoms with Crippen LogP contribution in [0.15, 0.2) is 48.1 Å². The first-order valence-corrected chi connectivity index (χ1v) is 13.3. The van der Waals surface area contributed by atoms with E-state index >= 15 is 0 Å². The van der Waals surface area contributed by atoms with Crippen LogP contribution in [0.2, 0.25) is 0 Å². The van der Waals surface area contributed by atoms with Crippen LogP contribution in [0.3, 0.4) is 0 Å². The Kier molecular flexibility index (Phi) is 8.51. The Hall–Kier alpha value is -1.16. The molecule has 3 heteroatoms. The standard InChI is InChI=1S/C30H48O3/c1-7-10-24-27(31)19-23(21(3)28(24)32)14-13-22-12-9-18-30(6)25(15-16-26(22)30)20(2)11-8-17-29(4,5)33/h7,13-14,20,24-28,31-33H,1,3,8-12,15-19H2,2,4-6H3/b22-13+,23-14-/t20-,24-,25-,26?,27-,28-,30-/m1/s1. The lowest BCUT2D eigenvalue weighted by Crippen LogP contribution is -2.38. The van der Waals surface area contributed by atoms with E-state index in [1.807, 2.05) is 13.8 Å². The van der Waals surface area contributed by atoms with Crippen LogP contribution in [0.4, 0.5) is 0 Å². The van der Waals surface area contributed by atoms with Gasteiger partial charge in [0.25, 0.3) is 0 Å². The van der Waals surface area contributed by atoms with Crippen molar-refractivity contribution in [3.63, 3.8) is 0 Å². The smallest absolute Gasteiger partial charge is 0.0842 e. The zero-order valence-corrected chi connectivity index (χ0v) is 21.5. The molecular formula is C30H48O3. The van der Waals surface area contributed by atoms with E-state index in [9.17, 15) is 15.3 Å². The maximum atomic E-state index is 10.7. The second-order valence-electron chi connectivity index (χ2n) is 12.1. The van der Waals surface area contributed by atoms with Crippen molar-refractivity contribution in [1.82, 2.24) is 0 Å². The predicted molar refractivity (Wildman–Crippen MR) is 138 cm³/mol. The van der Waals surface area contributed by atoms with E-state index in [0.717, 1.165) is 36.3 Å². The maximum Gasteiger partial charge on any atom is 0.0842 e. The molecule has 0 bridgehead atoms. The summed E-state index contributed by atoms with van der Waals surface area (Å²) in [5, 5.41) is 31.3. The van der Waals surface area contributed by atoms with Gasteiger partial charge in [-0.1, -0.05) is 57.1 Å². The Morgan fingerprint density at radius 1 is 1.21 bits per heavy atom. The molecule has 3 N–H and O–H groups in total. The van der Waals surface area contributed by atoms with Gasteiger partial charge in [0.15, 0.2) is 0 Å². The maximum absolute atomic E-state index is 10.7. The summed E-state index contributed by atoms with van der Waals surface area (Å²) in [4.78, 5) is 0. The number of hydrogen-bond acceptors (Lipinski definition) is 3. The molecule has 0 aromatic rings. The predicted octanol–water partition coefficient (Wildman–Crippen LogP) is 6.51. The van der Waals surface area contributed by atoms with Crippen LogP contribution in [-0.2, 0) is 0 Å². The highest BCUT2D eigenvalue weighted by molar-refractivity contribution is 5.39. The zero-order valence-electron chi connectivity index (χ0n) is 21.5. The van der Waals surface area contributed by atoms with Gasteiger partial charge in [-0.05, 0) is 99.5 Å². The molecule has 0 heterocycles. The number of hydrogen-bond donors (Lipinski definition) is 3. The summed E-state index contributed by atoms with van der Waals surface area (Å²) < 4.78 is 0. The summed E-state index contributed by atoms with van der Waals surface area (Å²) in [6, 6.07) is 0. The van der Waals surface area contributed by atoms with Crippen molar-refractivity contribution in [3.8, 4) is 0 Å². The summed E-state index contributed by atoms with van der Waals surface area (Å²) in [5.41, 5.74) is 3.09. The molecule has 0 amide bonds. The largest absolute Gasteiger partial charge is 0.392 e. The van der Waals surface area contributed by atoms with E-state index in [0.29, 0.717) is 30.1 Å². The number of fused-ring (bicyclic) bond motifs is 1. The number of rotatable bonds is 8. The van der Waals surface area contributed by atoms with Gasteiger partial charge in [0.1, 0.15) is 0 Å². The van der Waals surface area contributed by atoms with Crippen LogP contribution < -0.4 is 0 Å². The minimum atomic E-state index is -0.700. The molecule has 0 aromatic heterocycles. The molecule has 3 nitrogen and oxygen atoms in total. The Balaban J connectivity index is 1.71. The minimum absolute atomic E-state index is 0.203. The van der Waals surface area contributed by atoms with Crippen LogP contribution >= 0.6 is 0 Å². The average Bonchev–Trinajstić information content (AvgIpc) is 3.09. The summed E-state index contributed by atoms with van der Waals surface area (Å²) in [6.45, 7) is 16.7. The lowest BCUT2D eigenvalue weighted by atomic mass is 9.60. The fraction of sp³-hybridized carbons (Fsp3) is 0.733. The summed E-state index contributed by atoms with van der Waals surface area (Å²) in [7, 11) is 0. The molecule has 3 saturated carbocycles. The third-order valence-corrected chi connectivity index (χ3v) is 9.21. The minimum Gasteiger partial charge on any atom is -0.392 e. The summed E-state index contributed by atoms with van der Waals surface area (Å²) in [6.07, 6.45) is 15.5. The second kappa shape index (κ2) is 10.6. The molecular weight excluding hydrogens is 408 g/mol. The molecule has 3 fully saturated rings. The van der Waals surface area contributed by atoms with Crippen LogP contribution in [0.25, 0.3) is 0 Å². The molecule has 3 aliphatic rings. The molecule has 3 aliphatic carbocycles. The first kappa shape index (κ1) is 26.4. The first-order valence-electron chi connectivity index (χ1n) is 13.3. The van der Waals surface area contributed by atoms with Crippen LogP contribution in [-0.4, -0.2) is 33.1 Å². The molecule has 3 rings (SSSR count). The number of aliphatic hydroxyl groups excluding tert-OH is 2. The lowest BCUT2D eigenvalue weighted by molar-refractivity contribution is 0.0201. The topological polar surface area (TPSA) is 60.7 Å². The van der Waals surface area contributed by atoms with Gasteiger partial charge in [0, 0.05) is 5.92 Å². The molecule has 1 unspecified atom stereocenters. The summed E-state index contributed by atoms with van der Waals surface area (Å²) in [5.74, 6) is 1.86. The third kappa shape index (κ3) is 5.92. The molecule has 33 heavy (non-hydrogen) atoms. The van der Waals surface area contributed by atoms with E-state index in [1.54, 1.807) is 11.6 Å². The Morgan fingerprint density at radius 2 is 1.94 bits per heavy atom. The number of allylic oxidation sites excluding steroid dienone is 4. The van der Waals surface area contributed by atoms with E-state index < -0.39 is 17.8 Å². The lowest BCUT2D eigenvalue weighted by Gasteiger charge is -2.44. The Morgan fingerprint density at radius 3 is 2.61 bits per heavy atom. The van der Waals surface area contributed by atoms with Crippen molar-refractivity contribution in [2.75, 3.05) is 0 Å². The fourth-order valence-corrected chi connectivity index (χ4v) is 7.30. The highest BCUT2D eigenvalue weighted by Crippen LogP contribution is 2.60. The van der Waals surface area contributed by atoms with Crippen molar-refractivity contribution in [1.29, 1.82) is 0 Å². The quantitative estimate of drug-likeness (QED) is 0.365. The first-order chi connectivity index (χ1) is 15.5. The van der Waals surface area contributed by atoms with Crippen molar-refractivity contribution in [2.45, 2.75) is 110 Å². The highest BCUT2D eigenvalue weighted by Gasteiger charge is 2.50. The third-order valence-electron chi connectivity index (χ3n) is 9.21. The van der Waals surface area contributed by atoms with Crippen LogP contribution in [0.1, 0.15) is 91.9 Å². The molecule has 0 aliphatic heterocycles. The van der Waals surface area contributed by atoms with E-state index in [2.05, 4.69) is 39.2 Å². The van der Waals surface area contributed by atoms with Gasteiger partial charge in [0.05, 0.1) is 17.8 Å². The van der Waals surface area contributed by atoms with Gasteiger partial charge in [-0.3, -0.25) is 0 Å². The van der Waals surface area contributed by atoms with Crippen molar-refractivity contribution < 1.29 is 15.3 Å². The molecule has 7 atom stereocenters. The van der Waals surface area contributed by atoms with E-state index in [1.165, 1.54) is 32.1 Å². The molecule has 0 aromatic carbocycles. The van der Waals surface area contributed by atoms with Gasteiger partial charge < -0.3 is 15.3 Å². The van der Waals surface area contributed by atoms with Crippen LogP contribution in [0.5, 0.6) is 0 Å².